The summed E-state index contributed by atoms with van der Waals surface area (Å²) in [6.07, 6.45) is 13.5. The highest BCUT2D eigenvalue weighted by Crippen LogP contribution is 2.70. The van der Waals surface area contributed by atoms with E-state index in [4.69, 9.17) is 18.9 Å². The third-order valence-corrected chi connectivity index (χ3v) is 23.8. The van der Waals surface area contributed by atoms with Crippen LogP contribution >= 0.6 is 0 Å². The first-order chi connectivity index (χ1) is 40.9. The maximum Gasteiger partial charge on any atom is 0.344 e. The van der Waals surface area contributed by atoms with Gasteiger partial charge < -0.3 is 54.4 Å². The van der Waals surface area contributed by atoms with Crippen molar-refractivity contribution >= 4 is 52.5 Å². The quantitative estimate of drug-likeness (QED) is 0.0669. The molecule has 1 aromatic heterocycles. The number of H-pyrrole nitrogens is 1. The number of nitrogens with zero attached hydrogens (tertiary/aromatic N) is 3. The fourth-order valence-corrected chi connectivity index (χ4v) is 20.3. The fourth-order valence-electron chi connectivity index (χ4n) is 20.3. The van der Waals surface area contributed by atoms with Gasteiger partial charge >= 0.3 is 17.9 Å². The molecule has 3 aromatic rings. The van der Waals surface area contributed by atoms with Crippen LogP contribution in [0.2, 0.25) is 0 Å². The van der Waals surface area contributed by atoms with Gasteiger partial charge in [0.05, 0.1) is 44.8 Å². The van der Waals surface area contributed by atoms with E-state index in [1.54, 1.807) is 18.2 Å². The summed E-state index contributed by atoms with van der Waals surface area (Å²) in [7, 11) is 4.09. The van der Waals surface area contributed by atoms with Crippen molar-refractivity contribution in [3.63, 3.8) is 0 Å². The number of anilines is 1. The monoisotopic (exact) mass is 1180 g/mol. The lowest BCUT2D eigenvalue weighted by molar-refractivity contribution is -0.228. The molecule has 6 fully saturated rings. The first-order valence-corrected chi connectivity index (χ1v) is 30.9. The SMILES string of the molecule is CC[C@]1(O)C[C@H]2C[N@](CCc3c([nH]c4ccccc34)[C@@](C(=O)OC)(c3cc4c(cc3OC)N(C=O)[C@H]3[C@@](O)(C(=O)OC)[C@H](OC(C)=O)[C@]5(CC)C=CCN6CC[C@]43[C@@H]65)C2)C1.C[C@]12C=CC(=O)C=C1CC[C@@H]1[C@@H]2[C@@H](O)C[C@@]2(C)[C@H]1CC[C@]2(O)C(=O)CO. The highest BCUT2D eigenvalue weighted by atomic mass is 16.6. The average molecular weight is 1190 g/mol. The molecule has 86 heavy (non-hydrogen) atoms. The minimum absolute atomic E-state index is 0.00912. The van der Waals surface area contributed by atoms with Crippen molar-refractivity contribution in [2.24, 2.45) is 39.9 Å². The number of ketones is 2. The average Bonchev–Trinajstić information content (AvgIpc) is 1.43. The Balaban J connectivity index is 0.000000231. The van der Waals surface area contributed by atoms with Gasteiger partial charge in [0.2, 0.25) is 12.0 Å². The summed E-state index contributed by atoms with van der Waals surface area (Å²) >= 11 is 0. The lowest BCUT2D eigenvalue weighted by atomic mass is 9.46. The second-order valence-electron chi connectivity index (χ2n) is 27.3. The van der Waals surface area contributed by atoms with Crippen LogP contribution in [-0.4, -0.2) is 178 Å². The molecule has 17 atom stereocenters. The van der Waals surface area contributed by atoms with Crippen LogP contribution in [0.5, 0.6) is 5.75 Å². The van der Waals surface area contributed by atoms with Gasteiger partial charge in [-0.25, -0.2) is 4.79 Å². The van der Waals surface area contributed by atoms with Crippen LogP contribution in [0.15, 0.2) is 72.4 Å². The first kappa shape index (κ1) is 60.2. The largest absolute Gasteiger partial charge is 0.496 e. The Morgan fingerprint density at radius 1 is 0.884 bits per heavy atom. The third kappa shape index (κ3) is 8.08. The summed E-state index contributed by atoms with van der Waals surface area (Å²) in [4.78, 5) is 90.3. The predicted octanol–water partition coefficient (Wildman–Crippen LogP) is 5.08. The number of piperidine rings is 1. The number of rotatable bonds is 10. The molecular weight excluding hydrogens is 1100 g/mol. The van der Waals surface area contributed by atoms with Gasteiger partial charge in [-0.15, -0.1) is 0 Å². The van der Waals surface area contributed by atoms with Crippen LogP contribution in [0.1, 0.15) is 121 Å². The molecule has 2 bridgehead atoms. The van der Waals surface area contributed by atoms with Gasteiger partial charge in [0.1, 0.15) is 23.4 Å². The number of aliphatic hydroxyl groups is 5. The van der Waals surface area contributed by atoms with Crippen LogP contribution < -0.4 is 9.64 Å². The second kappa shape index (κ2) is 21.0. The number of methoxy groups -OCH3 is 3. The Bertz CT molecular complexity index is 3410. The van der Waals surface area contributed by atoms with E-state index in [0.717, 1.165) is 41.3 Å². The van der Waals surface area contributed by atoms with Crippen molar-refractivity contribution in [2.45, 2.75) is 157 Å². The van der Waals surface area contributed by atoms with Crippen molar-refractivity contribution in [1.82, 2.24) is 14.8 Å². The lowest BCUT2D eigenvalue weighted by Gasteiger charge is -2.63. The fraction of sp³-hybridized carbons (Fsp3) is 0.612. The van der Waals surface area contributed by atoms with E-state index < -0.39 is 93.1 Å². The summed E-state index contributed by atoms with van der Waals surface area (Å²) in [6.45, 7) is 11.5. The van der Waals surface area contributed by atoms with E-state index in [1.165, 1.54) is 33.2 Å². The number of benzene rings is 2. The van der Waals surface area contributed by atoms with Gasteiger partial charge in [0.25, 0.3) is 0 Å². The Kier molecular flexibility index (Phi) is 14.7. The molecule has 6 N–H and O–H groups in total. The van der Waals surface area contributed by atoms with Gasteiger partial charge in [-0.2, -0.15) is 0 Å². The molecule has 5 aliphatic heterocycles. The number of carbonyl (C=O) groups is 6. The Morgan fingerprint density at radius 3 is 2.33 bits per heavy atom. The topological polar surface area (TPSA) is 266 Å². The summed E-state index contributed by atoms with van der Waals surface area (Å²) in [5, 5.41) is 57.9. The van der Waals surface area contributed by atoms with E-state index in [2.05, 4.69) is 27.8 Å². The summed E-state index contributed by atoms with van der Waals surface area (Å²) in [5.41, 5.74) is -4.69. The Labute approximate surface area is 501 Å². The molecule has 19 nitrogen and oxygen atoms in total. The molecule has 10 aliphatic rings. The van der Waals surface area contributed by atoms with Crippen molar-refractivity contribution in [2.75, 3.05) is 65.6 Å². The van der Waals surface area contributed by atoms with Gasteiger partial charge in [-0.1, -0.05) is 69.7 Å². The zero-order chi connectivity index (χ0) is 61.5. The summed E-state index contributed by atoms with van der Waals surface area (Å²) < 4.78 is 23.7. The van der Waals surface area contributed by atoms with E-state index in [1.807, 2.05) is 63.3 Å². The smallest absolute Gasteiger partial charge is 0.344 e. The molecule has 13 rings (SSSR count). The number of amides is 1. The molecule has 4 saturated carbocycles. The number of hydrogen-bond acceptors (Lipinski definition) is 17. The first-order valence-electron chi connectivity index (χ1n) is 30.9. The number of aromatic nitrogens is 1. The molecular formula is C67H84N4O15. The Hall–Kier alpha value is -6.06. The highest BCUT2D eigenvalue weighted by Gasteiger charge is 2.81. The molecule has 462 valence electrons. The van der Waals surface area contributed by atoms with Crippen LogP contribution in [0.4, 0.5) is 5.69 Å². The number of nitrogens with one attached hydrogen (secondary N) is 1. The van der Waals surface area contributed by atoms with Gasteiger partial charge in [-0.05, 0) is 130 Å². The minimum Gasteiger partial charge on any atom is -0.496 e. The maximum atomic E-state index is 15.3. The number of ether oxygens (including phenoxy) is 4. The predicted molar refractivity (Wildman–Crippen MR) is 316 cm³/mol. The zero-order valence-corrected chi connectivity index (χ0v) is 50.7. The van der Waals surface area contributed by atoms with Crippen LogP contribution in [0.25, 0.3) is 10.9 Å². The molecule has 2 saturated heterocycles. The number of allylic oxidation sites excluding steroid dienone is 4. The van der Waals surface area contributed by atoms with Crippen molar-refractivity contribution in [1.29, 1.82) is 0 Å². The van der Waals surface area contributed by atoms with Gasteiger partial charge in [-0.3, -0.25) is 33.8 Å². The van der Waals surface area contributed by atoms with Crippen LogP contribution in [-0.2, 0) is 60.2 Å². The van der Waals surface area contributed by atoms with E-state index >= 15 is 4.79 Å². The highest BCUT2D eigenvalue weighted by molar-refractivity contribution is 6.01. The number of esters is 3. The number of carbonyl (C=O) groups excluding carboxylic acids is 6. The number of para-hydroxylation sites is 1. The molecule has 1 spiro atoms. The molecule has 5 aliphatic carbocycles. The maximum absolute atomic E-state index is 15.3. The third-order valence-electron chi connectivity index (χ3n) is 23.8. The Morgan fingerprint density at radius 2 is 1.64 bits per heavy atom. The number of aromatic amines is 1. The van der Waals surface area contributed by atoms with Crippen molar-refractivity contribution < 1.29 is 73.2 Å². The van der Waals surface area contributed by atoms with Crippen LogP contribution in [0, 0.1) is 39.9 Å². The zero-order valence-electron chi connectivity index (χ0n) is 50.7. The van der Waals surface area contributed by atoms with E-state index in [0.29, 0.717) is 112 Å². The van der Waals surface area contributed by atoms with Crippen molar-refractivity contribution in [3.8, 4) is 5.75 Å². The van der Waals surface area contributed by atoms with E-state index in [-0.39, 0.29) is 41.3 Å². The van der Waals surface area contributed by atoms with E-state index in [9.17, 15) is 49.5 Å². The number of aliphatic hydroxyl groups excluding tert-OH is 2. The van der Waals surface area contributed by atoms with Crippen LogP contribution in [0.3, 0.4) is 0 Å². The molecule has 0 radical (unpaired) electrons. The number of fused-ring (bicyclic) bond motifs is 11. The molecule has 6 heterocycles. The second-order valence-corrected chi connectivity index (χ2v) is 27.3. The summed E-state index contributed by atoms with van der Waals surface area (Å²) in [5.74, 6) is -2.29. The normalized spacial score (nSPS) is 40.5. The lowest BCUT2D eigenvalue weighted by Crippen LogP contribution is -2.81. The molecule has 1 amide bonds. The standard InChI is InChI=1S/C46H56N4O10.C21H28O5/c1-7-42(55)22-28-23-45(40(53)58-5,36-30(14-18-48(24-28)25-42)29-12-9-10-13-33(29)47-36)32-20-31-34(21-35(32)57-4)50(26-51)38-44(31)16-19-49-17-11-15-43(8-2,37(44)49)39(60-27(3)52)46(38,56)41(54)59-6;1-19-7-5-13(23)9-12(19)3-4-14-15-6-8-21(26,17(25)11-22)20(15,2)10-16(24)18(14)19/h9-13,15,20-21,26,28,37-39,47,55-56H,7-8,14,16-19,22-25H2,1-6H3;5,7,9,14-16,18,22,24,26H,3-4,6,8,10-11H2,1-2H3/t28-,37+,38-,39-,42+,43-,44-,45+,46+;14-,15-,16-,18+,19-,20-,21-/m10/s1. The molecule has 2 aromatic carbocycles. The number of hydrogen-bond donors (Lipinski definition) is 6. The van der Waals surface area contributed by atoms with Crippen molar-refractivity contribution in [3.05, 3.63) is 94.7 Å². The minimum atomic E-state index is -2.53. The van der Waals surface area contributed by atoms with Gasteiger partial charge in [0, 0.05) is 94.9 Å². The molecule has 0 unspecified atom stereocenters. The summed E-state index contributed by atoms with van der Waals surface area (Å²) in [6, 6.07) is 9.97. The molecule has 19 heteroatoms. The van der Waals surface area contributed by atoms with Gasteiger partial charge in [0.15, 0.2) is 17.7 Å². The number of Topliss-reactive ketones (excluding diaryl/α,β-unsaturated/α-hetero) is 1.